The number of aryl methyl sites for hydroxylation is 1. The van der Waals surface area contributed by atoms with Gasteiger partial charge in [-0.25, -0.2) is 14.8 Å². The smallest absolute Gasteiger partial charge is 0.356 e. The van der Waals surface area contributed by atoms with Gasteiger partial charge in [0, 0.05) is 16.3 Å². The van der Waals surface area contributed by atoms with E-state index < -0.39 is 5.97 Å². The van der Waals surface area contributed by atoms with Crippen LogP contribution in [0.15, 0.2) is 60.7 Å². The van der Waals surface area contributed by atoms with Crippen molar-refractivity contribution >= 4 is 40.3 Å². The summed E-state index contributed by atoms with van der Waals surface area (Å²) in [6.07, 6.45) is 0. The molecule has 8 heteroatoms. The Hall–Kier alpha value is -3.71. The van der Waals surface area contributed by atoms with Crippen molar-refractivity contribution in [3.05, 3.63) is 88.3 Å². The number of carbonyl (C=O) groups is 2. The number of rotatable bonds is 5. The fourth-order valence-corrected chi connectivity index (χ4v) is 3.48. The van der Waals surface area contributed by atoms with Crippen molar-refractivity contribution in [2.24, 2.45) is 0 Å². The second-order valence-corrected chi connectivity index (χ2v) is 7.31. The lowest BCUT2D eigenvalue weighted by Gasteiger charge is -2.11. The quantitative estimate of drug-likeness (QED) is 0.468. The number of hydrogen-bond acceptors (Lipinski definition) is 5. The molecule has 0 unspecified atom stereocenters. The van der Waals surface area contributed by atoms with Gasteiger partial charge in [0.15, 0.2) is 11.3 Å². The fraction of sp³-hybridized carbons (Fsp3) is 0.130. The van der Waals surface area contributed by atoms with Gasteiger partial charge in [0.05, 0.1) is 13.7 Å². The van der Waals surface area contributed by atoms with Crippen molar-refractivity contribution in [3.8, 4) is 0 Å². The van der Waals surface area contributed by atoms with Gasteiger partial charge in [-0.15, -0.1) is 0 Å². The topological polar surface area (TPSA) is 86.1 Å². The van der Waals surface area contributed by atoms with Gasteiger partial charge in [-0.3, -0.25) is 4.79 Å². The van der Waals surface area contributed by atoms with Crippen LogP contribution in [0.25, 0.3) is 11.2 Å². The standard InChI is InChI=1S/C23H19ClN4O3/c1-14-25-19-10-11-20(23(30)31-2)27-21(19)28(14)13-16-8-9-17(12-18(16)24)26-22(29)15-6-4-3-5-7-15/h3-12H,13H2,1-2H3,(H,26,29). The Balaban J connectivity index is 1.60. The van der Waals surface area contributed by atoms with Gasteiger partial charge in [0.1, 0.15) is 11.3 Å². The summed E-state index contributed by atoms with van der Waals surface area (Å²) in [7, 11) is 1.31. The molecular formula is C23H19ClN4O3. The molecule has 0 saturated heterocycles. The van der Waals surface area contributed by atoms with Crippen LogP contribution in [0.4, 0.5) is 5.69 Å². The number of halogens is 1. The van der Waals surface area contributed by atoms with E-state index in [2.05, 4.69) is 15.3 Å². The maximum atomic E-state index is 12.4. The van der Waals surface area contributed by atoms with E-state index in [1.807, 2.05) is 35.8 Å². The minimum absolute atomic E-state index is 0.208. The highest BCUT2D eigenvalue weighted by molar-refractivity contribution is 6.31. The molecule has 4 aromatic rings. The number of esters is 1. The Kier molecular flexibility index (Phi) is 5.68. The number of anilines is 1. The van der Waals surface area contributed by atoms with Crippen molar-refractivity contribution in [1.29, 1.82) is 0 Å². The number of amides is 1. The summed E-state index contributed by atoms with van der Waals surface area (Å²) < 4.78 is 6.64. The number of carbonyl (C=O) groups excluding carboxylic acids is 2. The summed E-state index contributed by atoms with van der Waals surface area (Å²) in [5.74, 6) is 0.0197. The molecule has 7 nitrogen and oxygen atoms in total. The molecule has 0 aliphatic heterocycles. The molecule has 31 heavy (non-hydrogen) atoms. The molecule has 0 fully saturated rings. The monoisotopic (exact) mass is 434 g/mol. The summed E-state index contributed by atoms with van der Waals surface area (Å²) in [5, 5.41) is 3.34. The van der Waals surface area contributed by atoms with Crippen LogP contribution in [0.2, 0.25) is 5.02 Å². The normalized spacial score (nSPS) is 10.8. The number of aromatic nitrogens is 3. The molecular weight excluding hydrogens is 416 g/mol. The molecule has 0 aliphatic carbocycles. The minimum Gasteiger partial charge on any atom is -0.464 e. The third kappa shape index (κ3) is 4.27. The van der Waals surface area contributed by atoms with Gasteiger partial charge >= 0.3 is 5.97 Å². The number of imidazole rings is 1. The second-order valence-electron chi connectivity index (χ2n) is 6.90. The van der Waals surface area contributed by atoms with E-state index in [0.717, 1.165) is 11.4 Å². The fourth-order valence-electron chi connectivity index (χ4n) is 3.24. The largest absolute Gasteiger partial charge is 0.464 e. The summed E-state index contributed by atoms with van der Waals surface area (Å²) in [4.78, 5) is 33.1. The molecule has 2 heterocycles. The lowest BCUT2D eigenvalue weighted by molar-refractivity contribution is 0.0594. The van der Waals surface area contributed by atoms with E-state index in [-0.39, 0.29) is 11.6 Å². The summed E-state index contributed by atoms with van der Waals surface area (Å²) >= 11 is 6.50. The van der Waals surface area contributed by atoms with Crippen LogP contribution in [-0.2, 0) is 11.3 Å². The lowest BCUT2D eigenvalue weighted by Crippen LogP contribution is -2.12. The molecule has 2 aromatic carbocycles. The van der Waals surface area contributed by atoms with Gasteiger partial charge in [-0.2, -0.15) is 0 Å². The number of pyridine rings is 1. The SMILES string of the molecule is COC(=O)c1ccc2nc(C)n(Cc3ccc(NC(=O)c4ccccc4)cc3Cl)c2n1. The Labute approximate surface area is 183 Å². The highest BCUT2D eigenvalue weighted by atomic mass is 35.5. The van der Waals surface area contributed by atoms with Gasteiger partial charge in [-0.05, 0) is 48.9 Å². The van der Waals surface area contributed by atoms with Gasteiger partial charge in [0.2, 0.25) is 0 Å². The van der Waals surface area contributed by atoms with Gasteiger partial charge < -0.3 is 14.6 Å². The number of methoxy groups -OCH3 is 1. The van der Waals surface area contributed by atoms with Crippen molar-refractivity contribution in [1.82, 2.24) is 14.5 Å². The number of ether oxygens (including phenoxy) is 1. The highest BCUT2D eigenvalue weighted by Crippen LogP contribution is 2.25. The highest BCUT2D eigenvalue weighted by Gasteiger charge is 2.15. The molecule has 0 aliphatic rings. The van der Waals surface area contributed by atoms with E-state index in [1.54, 1.807) is 36.4 Å². The summed E-state index contributed by atoms with van der Waals surface area (Å²) in [6.45, 7) is 2.27. The van der Waals surface area contributed by atoms with Crippen LogP contribution in [0.3, 0.4) is 0 Å². The van der Waals surface area contributed by atoms with Crippen LogP contribution >= 0.6 is 11.6 Å². The van der Waals surface area contributed by atoms with Crippen molar-refractivity contribution in [2.75, 3.05) is 12.4 Å². The van der Waals surface area contributed by atoms with Gasteiger partial charge in [0.25, 0.3) is 5.91 Å². The average Bonchev–Trinajstić information content (AvgIpc) is 3.09. The first-order valence-electron chi connectivity index (χ1n) is 9.53. The van der Waals surface area contributed by atoms with Crippen LogP contribution in [-0.4, -0.2) is 33.5 Å². The van der Waals surface area contributed by atoms with Crippen molar-refractivity contribution in [3.63, 3.8) is 0 Å². The molecule has 1 N–H and O–H groups in total. The van der Waals surface area contributed by atoms with Crippen LogP contribution in [0, 0.1) is 6.92 Å². The summed E-state index contributed by atoms with van der Waals surface area (Å²) in [6, 6.07) is 17.6. The zero-order valence-corrected chi connectivity index (χ0v) is 17.7. The molecule has 0 spiro atoms. The predicted molar refractivity (Wildman–Crippen MR) is 119 cm³/mol. The Morgan fingerprint density at radius 3 is 2.55 bits per heavy atom. The minimum atomic E-state index is -0.510. The Morgan fingerprint density at radius 1 is 1.06 bits per heavy atom. The van der Waals surface area contributed by atoms with Crippen LogP contribution in [0.5, 0.6) is 0 Å². The third-order valence-electron chi connectivity index (χ3n) is 4.85. The number of nitrogens with one attached hydrogen (secondary N) is 1. The van der Waals surface area contributed by atoms with Crippen molar-refractivity contribution in [2.45, 2.75) is 13.5 Å². The number of hydrogen-bond donors (Lipinski definition) is 1. The number of benzene rings is 2. The first kappa shape index (κ1) is 20.6. The molecule has 4 rings (SSSR count). The van der Waals surface area contributed by atoms with E-state index in [1.165, 1.54) is 7.11 Å². The molecule has 0 bridgehead atoms. The maximum absolute atomic E-state index is 12.4. The molecule has 1 amide bonds. The third-order valence-corrected chi connectivity index (χ3v) is 5.20. The van der Waals surface area contributed by atoms with Gasteiger partial charge in [-0.1, -0.05) is 35.9 Å². The molecule has 2 aromatic heterocycles. The van der Waals surface area contributed by atoms with E-state index in [4.69, 9.17) is 16.3 Å². The van der Waals surface area contributed by atoms with Crippen LogP contribution < -0.4 is 5.32 Å². The zero-order valence-electron chi connectivity index (χ0n) is 16.9. The Morgan fingerprint density at radius 2 is 1.84 bits per heavy atom. The maximum Gasteiger partial charge on any atom is 0.356 e. The molecule has 0 saturated carbocycles. The van der Waals surface area contributed by atoms with E-state index in [0.29, 0.717) is 34.0 Å². The summed E-state index contributed by atoms with van der Waals surface area (Å²) in [5.41, 5.74) is 3.44. The van der Waals surface area contributed by atoms with Crippen LogP contribution in [0.1, 0.15) is 32.2 Å². The van der Waals surface area contributed by atoms with Crippen molar-refractivity contribution < 1.29 is 14.3 Å². The molecule has 0 atom stereocenters. The first-order valence-corrected chi connectivity index (χ1v) is 9.91. The molecule has 156 valence electrons. The van der Waals surface area contributed by atoms with E-state index in [9.17, 15) is 9.59 Å². The average molecular weight is 435 g/mol. The second kappa shape index (κ2) is 8.57. The first-order chi connectivity index (χ1) is 15.0. The van der Waals surface area contributed by atoms with E-state index >= 15 is 0 Å². The molecule has 0 radical (unpaired) electrons. The number of fused-ring (bicyclic) bond motifs is 1. The Bertz CT molecular complexity index is 1280. The zero-order chi connectivity index (χ0) is 22.0. The lowest BCUT2D eigenvalue weighted by atomic mass is 10.1. The number of nitrogens with zero attached hydrogens (tertiary/aromatic N) is 3. The predicted octanol–water partition coefficient (Wildman–Crippen LogP) is 4.48.